The molecule has 0 bridgehead atoms. The molecule has 4 nitrogen and oxygen atoms in total. The summed E-state index contributed by atoms with van der Waals surface area (Å²) >= 11 is 11.2. The molecule has 0 spiro atoms. The number of nitrogens with zero attached hydrogens (tertiary/aromatic N) is 1. The summed E-state index contributed by atoms with van der Waals surface area (Å²) in [5.41, 5.74) is 2.11. The van der Waals surface area contributed by atoms with Gasteiger partial charge in [-0.3, -0.25) is 0 Å². The number of halogens is 5. The lowest BCUT2D eigenvalue weighted by Crippen LogP contribution is -2.15. The quantitative estimate of drug-likeness (QED) is 0.322. The van der Waals surface area contributed by atoms with Crippen molar-refractivity contribution in [1.29, 1.82) is 0 Å². The van der Waals surface area contributed by atoms with Gasteiger partial charge in [-0.05, 0) is 55.7 Å². The number of hydrogen-bond acceptors (Lipinski definition) is 4. The Balaban J connectivity index is 1.54. The first-order valence-corrected chi connectivity index (χ1v) is 10.4. The van der Waals surface area contributed by atoms with Gasteiger partial charge in [0.2, 0.25) is 0 Å². The maximum atomic E-state index is 12.6. The highest BCUT2D eigenvalue weighted by atomic mass is 35.5. The predicted octanol–water partition coefficient (Wildman–Crippen LogP) is 6.54. The second-order valence-electron chi connectivity index (χ2n) is 6.68. The summed E-state index contributed by atoms with van der Waals surface area (Å²) < 4.78 is 49.0. The van der Waals surface area contributed by atoms with Crippen LogP contribution in [0.1, 0.15) is 29.5 Å². The van der Waals surface area contributed by atoms with Crippen LogP contribution in [0.2, 0.25) is 0 Å². The van der Waals surface area contributed by atoms with Crippen LogP contribution in [0, 0.1) is 0 Å². The smallest absolute Gasteiger partial charge is 0.416 e. The maximum absolute atomic E-state index is 12.6. The van der Waals surface area contributed by atoms with Gasteiger partial charge >= 0.3 is 6.18 Å². The Morgan fingerprint density at radius 2 is 1.77 bits per heavy atom. The van der Waals surface area contributed by atoms with Crippen molar-refractivity contribution in [3.05, 3.63) is 69.7 Å². The lowest BCUT2D eigenvalue weighted by molar-refractivity contribution is -0.137. The van der Waals surface area contributed by atoms with Gasteiger partial charge in [0.05, 0.1) is 11.3 Å². The van der Waals surface area contributed by atoms with E-state index in [2.05, 4.69) is 5.16 Å². The Labute approximate surface area is 188 Å². The molecular formula is C22H20Cl2F3NO3. The molecule has 0 atom stereocenters. The van der Waals surface area contributed by atoms with E-state index in [1.165, 1.54) is 12.1 Å². The van der Waals surface area contributed by atoms with Crippen molar-refractivity contribution in [2.24, 2.45) is 5.16 Å². The normalized spacial score (nSPS) is 14.7. The molecule has 3 rings (SSSR count). The predicted molar refractivity (Wildman–Crippen MR) is 114 cm³/mol. The number of ether oxygens (including phenoxy) is 2. The van der Waals surface area contributed by atoms with Crippen LogP contribution in [-0.4, -0.2) is 25.5 Å². The molecule has 0 radical (unpaired) electrons. The van der Waals surface area contributed by atoms with Gasteiger partial charge in [-0.15, -0.1) is 0 Å². The minimum absolute atomic E-state index is 0.152. The van der Waals surface area contributed by atoms with Gasteiger partial charge < -0.3 is 14.3 Å². The van der Waals surface area contributed by atoms with E-state index in [9.17, 15) is 13.2 Å². The molecule has 0 aromatic heterocycles. The highest BCUT2D eigenvalue weighted by molar-refractivity contribution is 6.55. The van der Waals surface area contributed by atoms with Crippen molar-refractivity contribution in [3.8, 4) is 11.5 Å². The molecular weight excluding hydrogens is 454 g/mol. The second-order valence-corrected chi connectivity index (χ2v) is 7.69. The van der Waals surface area contributed by atoms with Gasteiger partial charge in [-0.1, -0.05) is 40.5 Å². The molecule has 2 aromatic rings. The average molecular weight is 474 g/mol. The Bertz CT molecular complexity index is 940. The van der Waals surface area contributed by atoms with Gasteiger partial charge in [-0.2, -0.15) is 13.2 Å². The fourth-order valence-corrected chi connectivity index (χ4v) is 3.27. The van der Waals surface area contributed by atoms with Crippen LogP contribution in [0.15, 0.2) is 58.2 Å². The molecule has 1 aliphatic rings. The summed E-state index contributed by atoms with van der Waals surface area (Å²) in [5, 5.41) is 4.23. The zero-order valence-electron chi connectivity index (χ0n) is 16.4. The summed E-state index contributed by atoms with van der Waals surface area (Å²) in [7, 11) is 0. The van der Waals surface area contributed by atoms with E-state index in [0.29, 0.717) is 5.75 Å². The van der Waals surface area contributed by atoms with Gasteiger partial charge in [0.1, 0.15) is 29.2 Å². The second kappa shape index (κ2) is 10.8. The van der Waals surface area contributed by atoms with Crippen LogP contribution < -0.4 is 9.47 Å². The van der Waals surface area contributed by atoms with Crippen molar-refractivity contribution >= 4 is 28.9 Å². The summed E-state index contributed by atoms with van der Waals surface area (Å²) in [6.45, 7) is 0.585. The summed E-state index contributed by atoms with van der Waals surface area (Å²) in [4.78, 5) is 5.38. The minimum atomic E-state index is -4.37. The van der Waals surface area contributed by atoms with Gasteiger partial charge in [0.25, 0.3) is 0 Å². The first-order chi connectivity index (χ1) is 14.8. The lowest BCUT2D eigenvalue weighted by atomic mass is 9.89. The largest absolute Gasteiger partial charge is 0.490 e. The number of benzene rings is 2. The van der Waals surface area contributed by atoms with Crippen molar-refractivity contribution < 1.29 is 27.5 Å². The lowest BCUT2D eigenvalue weighted by Gasteiger charge is -2.20. The Morgan fingerprint density at radius 1 is 1.00 bits per heavy atom. The summed E-state index contributed by atoms with van der Waals surface area (Å²) in [6.07, 6.45) is -0.264. The van der Waals surface area contributed by atoms with Gasteiger partial charge in [-0.25, -0.2) is 0 Å². The van der Waals surface area contributed by atoms with Crippen molar-refractivity contribution in [2.45, 2.75) is 25.4 Å². The highest BCUT2D eigenvalue weighted by Crippen LogP contribution is 2.31. The molecule has 0 aliphatic heterocycles. The van der Waals surface area contributed by atoms with Crippen LogP contribution in [0.4, 0.5) is 13.2 Å². The molecule has 0 saturated carbocycles. The van der Waals surface area contributed by atoms with E-state index in [1.807, 2.05) is 18.2 Å². The number of alkyl halides is 3. The minimum Gasteiger partial charge on any atom is -0.490 e. The standard InChI is InChI=1S/C22H20Cl2F3NO3/c23-21(24)11-12-30-20-6-2-3-17-18(20)4-1-5-19(17)28-31-14-13-29-16-9-7-15(8-10-16)22(25,26)27/h2-3,6-11H,1,4-5,12-14H2/b28-19+. The number of hydrogen-bond donors (Lipinski definition) is 0. The topological polar surface area (TPSA) is 40.0 Å². The van der Waals surface area contributed by atoms with E-state index in [0.717, 1.165) is 54.0 Å². The third kappa shape index (κ3) is 6.80. The zero-order chi connectivity index (χ0) is 22.3. The Hall–Kier alpha value is -2.38. The van der Waals surface area contributed by atoms with Crippen molar-refractivity contribution in [2.75, 3.05) is 19.8 Å². The van der Waals surface area contributed by atoms with Crippen LogP contribution >= 0.6 is 23.2 Å². The van der Waals surface area contributed by atoms with Crippen molar-refractivity contribution in [1.82, 2.24) is 0 Å². The first-order valence-electron chi connectivity index (χ1n) is 9.59. The van der Waals surface area contributed by atoms with E-state index in [1.54, 1.807) is 6.08 Å². The highest BCUT2D eigenvalue weighted by Gasteiger charge is 2.30. The number of fused-ring (bicyclic) bond motifs is 1. The van der Waals surface area contributed by atoms with E-state index in [4.69, 9.17) is 37.5 Å². The third-order valence-corrected chi connectivity index (χ3v) is 4.87. The molecule has 166 valence electrons. The van der Waals surface area contributed by atoms with Crippen molar-refractivity contribution in [3.63, 3.8) is 0 Å². The van der Waals surface area contributed by atoms with E-state index in [-0.39, 0.29) is 24.3 Å². The monoisotopic (exact) mass is 473 g/mol. The number of oxime groups is 1. The van der Waals surface area contributed by atoms with E-state index >= 15 is 0 Å². The molecule has 31 heavy (non-hydrogen) atoms. The van der Waals surface area contributed by atoms with Gasteiger partial charge in [0.15, 0.2) is 6.61 Å². The van der Waals surface area contributed by atoms with Crippen LogP contribution in [0.3, 0.4) is 0 Å². The van der Waals surface area contributed by atoms with Crippen LogP contribution in [0.25, 0.3) is 0 Å². The third-order valence-electron chi connectivity index (χ3n) is 4.56. The van der Waals surface area contributed by atoms with E-state index < -0.39 is 11.7 Å². The Morgan fingerprint density at radius 3 is 2.48 bits per heavy atom. The van der Waals surface area contributed by atoms with Crippen LogP contribution in [0.5, 0.6) is 11.5 Å². The molecule has 0 unspecified atom stereocenters. The molecule has 9 heteroatoms. The SMILES string of the molecule is FC(F)(F)c1ccc(OCCO/N=C2\CCCc3c(OCC=C(Cl)Cl)cccc32)cc1. The molecule has 0 fully saturated rings. The molecule has 0 heterocycles. The molecule has 0 saturated heterocycles. The molecule has 0 amide bonds. The summed E-state index contributed by atoms with van der Waals surface area (Å²) in [6, 6.07) is 10.2. The maximum Gasteiger partial charge on any atom is 0.416 e. The summed E-state index contributed by atoms with van der Waals surface area (Å²) in [5.74, 6) is 1.08. The number of rotatable bonds is 8. The average Bonchev–Trinajstić information content (AvgIpc) is 2.73. The fraction of sp³-hybridized carbons (Fsp3) is 0.318. The molecule has 2 aromatic carbocycles. The molecule has 0 N–H and O–H groups in total. The fourth-order valence-electron chi connectivity index (χ4n) is 3.15. The van der Waals surface area contributed by atoms with Gasteiger partial charge in [0, 0.05) is 11.1 Å². The zero-order valence-corrected chi connectivity index (χ0v) is 17.9. The first kappa shape index (κ1) is 23.3. The Kier molecular flexibility index (Phi) is 8.09. The van der Waals surface area contributed by atoms with Crippen LogP contribution in [-0.2, 0) is 17.4 Å². The molecule has 1 aliphatic carbocycles.